The second kappa shape index (κ2) is 9.09. The number of hydrogen-bond donors (Lipinski definition) is 2. The monoisotopic (exact) mass is 411 g/mol. The molecule has 0 aliphatic heterocycles. The Morgan fingerprint density at radius 1 is 0.871 bits per heavy atom. The van der Waals surface area contributed by atoms with Crippen LogP contribution in [0.5, 0.6) is 5.75 Å². The second-order valence-corrected chi connectivity index (χ2v) is 6.81. The lowest BCUT2D eigenvalue weighted by molar-refractivity contribution is -0.136. The lowest BCUT2D eigenvalue weighted by Gasteiger charge is -2.10. The summed E-state index contributed by atoms with van der Waals surface area (Å²) in [6.07, 6.45) is 1.57. The Morgan fingerprint density at radius 3 is 2.16 bits per heavy atom. The third kappa shape index (κ3) is 4.38. The molecule has 0 bridgehead atoms. The van der Waals surface area contributed by atoms with E-state index in [4.69, 9.17) is 4.74 Å². The Bertz CT molecular complexity index is 1240. The molecule has 0 aliphatic rings. The van der Waals surface area contributed by atoms with Gasteiger partial charge in [0.05, 0.1) is 18.5 Å². The zero-order valence-corrected chi connectivity index (χ0v) is 17.0. The fourth-order valence-corrected chi connectivity index (χ4v) is 3.42. The number of nitrogens with zero attached hydrogens (tertiary/aromatic N) is 1. The Morgan fingerprint density at radius 2 is 1.48 bits per heavy atom. The average molecular weight is 411 g/mol. The molecular formula is C25H21N3O3. The smallest absolute Gasteiger partial charge is 0.329 e. The van der Waals surface area contributed by atoms with Gasteiger partial charge in [0.25, 0.3) is 0 Å². The van der Waals surface area contributed by atoms with Gasteiger partial charge < -0.3 is 10.1 Å². The van der Waals surface area contributed by atoms with Crippen LogP contribution in [0.25, 0.3) is 21.5 Å². The van der Waals surface area contributed by atoms with Gasteiger partial charge >= 0.3 is 11.8 Å². The number of para-hydroxylation sites is 2. The van der Waals surface area contributed by atoms with Crippen molar-refractivity contribution in [3.8, 4) is 5.75 Å². The highest BCUT2D eigenvalue weighted by atomic mass is 16.5. The molecule has 0 spiro atoms. The van der Waals surface area contributed by atoms with Gasteiger partial charge in [-0.2, -0.15) is 5.10 Å². The zero-order chi connectivity index (χ0) is 21.6. The van der Waals surface area contributed by atoms with Gasteiger partial charge in [0.15, 0.2) is 0 Å². The minimum Gasteiger partial charge on any atom is -0.492 e. The lowest BCUT2D eigenvalue weighted by atomic mass is 9.97. The number of carbonyl (C=O) groups is 2. The third-order valence-corrected chi connectivity index (χ3v) is 4.81. The molecule has 0 radical (unpaired) electrons. The van der Waals surface area contributed by atoms with Gasteiger partial charge in [0.1, 0.15) is 5.75 Å². The summed E-state index contributed by atoms with van der Waals surface area (Å²) in [7, 11) is 0. The van der Waals surface area contributed by atoms with Crippen molar-refractivity contribution >= 4 is 45.3 Å². The number of nitrogens with one attached hydrogen (secondary N) is 2. The van der Waals surface area contributed by atoms with Gasteiger partial charge in [-0.3, -0.25) is 9.59 Å². The molecule has 4 rings (SSSR count). The number of carbonyl (C=O) groups excluding carboxylic acids is 2. The molecule has 0 unspecified atom stereocenters. The largest absolute Gasteiger partial charge is 0.492 e. The minimum atomic E-state index is -0.868. The first kappa shape index (κ1) is 20.1. The third-order valence-electron chi connectivity index (χ3n) is 4.81. The van der Waals surface area contributed by atoms with Crippen molar-refractivity contribution in [2.75, 3.05) is 11.9 Å². The van der Waals surface area contributed by atoms with Crippen molar-refractivity contribution in [1.82, 2.24) is 5.43 Å². The van der Waals surface area contributed by atoms with Crippen LogP contribution < -0.4 is 15.5 Å². The fourth-order valence-electron chi connectivity index (χ4n) is 3.42. The number of ether oxygens (including phenoxy) is 1. The van der Waals surface area contributed by atoms with E-state index in [1.165, 1.54) is 0 Å². The standard InChI is InChI=1S/C25H21N3O3/c1-2-31-23-14-8-7-13-22(23)27-24(29)25(30)28-26-16-21-19-11-5-3-9-17(19)15-18-10-4-6-12-20(18)21/h3-16H,2H2,1H3,(H,27,29)(H,28,30). The number of rotatable bonds is 5. The van der Waals surface area contributed by atoms with E-state index in [2.05, 4.69) is 21.9 Å². The molecule has 6 nitrogen and oxygen atoms in total. The van der Waals surface area contributed by atoms with Crippen molar-refractivity contribution in [1.29, 1.82) is 0 Å². The summed E-state index contributed by atoms with van der Waals surface area (Å²) in [4.78, 5) is 24.5. The van der Waals surface area contributed by atoms with E-state index in [1.807, 2.05) is 55.5 Å². The zero-order valence-electron chi connectivity index (χ0n) is 17.0. The van der Waals surface area contributed by atoms with Crippen LogP contribution in [0.15, 0.2) is 84.0 Å². The van der Waals surface area contributed by atoms with Crippen molar-refractivity contribution in [3.63, 3.8) is 0 Å². The summed E-state index contributed by atoms with van der Waals surface area (Å²) in [5.74, 6) is -1.20. The normalized spacial score (nSPS) is 11.0. The maximum atomic E-state index is 12.3. The van der Waals surface area contributed by atoms with Gasteiger partial charge in [0.2, 0.25) is 0 Å². The van der Waals surface area contributed by atoms with E-state index < -0.39 is 11.8 Å². The maximum Gasteiger partial charge on any atom is 0.329 e. The predicted octanol–water partition coefficient (Wildman–Crippen LogP) is 4.48. The van der Waals surface area contributed by atoms with Crippen LogP contribution in [0, 0.1) is 0 Å². The van der Waals surface area contributed by atoms with E-state index in [0.717, 1.165) is 27.1 Å². The molecule has 0 saturated carbocycles. The molecule has 4 aromatic carbocycles. The van der Waals surface area contributed by atoms with Crippen LogP contribution in [0.1, 0.15) is 12.5 Å². The summed E-state index contributed by atoms with van der Waals surface area (Å²) in [6, 6.07) is 25.0. The molecule has 0 aromatic heterocycles. The highest BCUT2D eigenvalue weighted by Crippen LogP contribution is 2.27. The number of hydrazone groups is 1. The molecule has 6 heteroatoms. The van der Waals surface area contributed by atoms with E-state index in [9.17, 15) is 9.59 Å². The Balaban J connectivity index is 1.54. The first-order valence-corrected chi connectivity index (χ1v) is 9.94. The van der Waals surface area contributed by atoms with E-state index in [0.29, 0.717) is 18.0 Å². The molecule has 0 fully saturated rings. The molecule has 154 valence electrons. The van der Waals surface area contributed by atoms with Crippen LogP contribution in [-0.2, 0) is 9.59 Å². The van der Waals surface area contributed by atoms with Gasteiger partial charge in [0, 0.05) is 5.56 Å². The summed E-state index contributed by atoms with van der Waals surface area (Å²) in [6.45, 7) is 2.29. The number of amides is 2. The van der Waals surface area contributed by atoms with Crippen LogP contribution in [0.4, 0.5) is 5.69 Å². The molecule has 0 heterocycles. The molecule has 0 atom stereocenters. The van der Waals surface area contributed by atoms with Gasteiger partial charge in [-0.1, -0.05) is 60.7 Å². The van der Waals surface area contributed by atoms with Crippen molar-refractivity contribution in [2.45, 2.75) is 6.92 Å². The van der Waals surface area contributed by atoms with Crippen LogP contribution >= 0.6 is 0 Å². The SMILES string of the molecule is CCOc1ccccc1NC(=O)C(=O)NN=Cc1c2ccccc2cc2ccccc12. The second-order valence-electron chi connectivity index (χ2n) is 6.81. The van der Waals surface area contributed by atoms with E-state index in [-0.39, 0.29) is 0 Å². The average Bonchev–Trinajstić information content (AvgIpc) is 2.80. The summed E-state index contributed by atoms with van der Waals surface area (Å²) in [5.41, 5.74) is 3.61. The van der Waals surface area contributed by atoms with E-state index >= 15 is 0 Å². The van der Waals surface area contributed by atoms with Crippen molar-refractivity contribution < 1.29 is 14.3 Å². The molecule has 2 N–H and O–H groups in total. The van der Waals surface area contributed by atoms with Crippen molar-refractivity contribution in [3.05, 3.63) is 84.4 Å². The molecule has 4 aromatic rings. The van der Waals surface area contributed by atoms with Crippen LogP contribution in [0.3, 0.4) is 0 Å². The molecule has 0 aliphatic carbocycles. The Kier molecular flexibility index (Phi) is 5.89. The topological polar surface area (TPSA) is 79.8 Å². The van der Waals surface area contributed by atoms with Crippen molar-refractivity contribution in [2.24, 2.45) is 5.10 Å². The van der Waals surface area contributed by atoms with Crippen LogP contribution in [-0.4, -0.2) is 24.6 Å². The first-order chi connectivity index (χ1) is 15.2. The van der Waals surface area contributed by atoms with E-state index in [1.54, 1.807) is 30.5 Å². The number of hydrogen-bond acceptors (Lipinski definition) is 4. The Hall–Kier alpha value is -4.19. The first-order valence-electron chi connectivity index (χ1n) is 9.94. The van der Waals surface area contributed by atoms with Gasteiger partial charge in [-0.25, -0.2) is 5.43 Å². The van der Waals surface area contributed by atoms with Crippen LogP contribution in [0.2, 0.25) is 0 Å². The molecular weight excluding hydrogens is 390 g/mol. The number of benzene rings is 4. The summed E-state index contributed by atoms with van der Waals surface area (Å²) in [5, 5.41) is 10.8. The molecule has 2 amide bonds. The minimum absolute atomic E-state index is 0.425. The summed E-state index contributed by atoms with van der Waals surface area (Å²) >= 11 is 0. The molecule has 31 heavy (non-hydrogen) atoms. The quantitative estimate of drug-likeness (QED) is 0.220. The fraction of sp³-hybridized carbons (Fsp3) is 0.0800. The van der Waals surface area contributed by atoms with Gasteiger partial charge in [-0.15, -0.1) is 0 Å². The number of fused-ring (bicyclic) bond motifs is 2. The Labute approximate surface area is 179 Å². The summed E-state index contributed by atoms with van der Waals surface area (Å²) < 4.78 is 5.46. The highest BCUT2D eigenvalue weighted by Gasteiger charge is 2.15. The predicted molar refractivity (Wildman–Crippen MR) is 123 cm³/mol. The van der Waals surface area contributed by atoms with Gasteiger partial charge in [-0.05, 0) is 46.7 Å². The molecule has 0 saturated heterocycles. The maximum absolute atomic E-state index is 12.3. The lowest BCUT2D eigenvalue weighted by Crippen LogP contribution is -2.32. The number of anilines is 1. The highest BCUT2D eigenvalue weighted by molar-refractivity contribution is 6.39.